The summed E-state index contributed by atoms with van der Waals surface area (Å²) >= 11 is 2.90. The molecule has 0 spiro atoms. The Kier molecular flexibility index (Phi) is 4.53. The van der Waals surface area contributed by atoms with Crippen molar-refractivity contribution >= 4 is 21.8 Å². The molecule has 0 unspecified atom stereocenters. The van der Waals surface area contributed by atoms with Crippen molar-refractivity contribution in [3.63, 3.8) is 0 Å². The summed E-state index contributed by atoms with van der Waals surface area (Å²) in [4.78, 5) is 11.4. The minimum Gasteiger partial charge on any atom is -0.346 e. The molecule has 0 atom stereocenters. The predicted molar refractivity (Wildman–Crippen MR) is 60.4 cm³/mol. The Morgan fingerprint density at radius 2 is 2.12 bits per heavy atom. The third kappa shape index (κ3) is 4.01. The summed E-state index contributed by atoms with van der Waals surface area (Å²) < 4.78 is 38.5. The third-order valence-corrected chi connectivity index (χ3v) is 2.60. The zero-order valence-electron chi connectivity index (χ0n) is 8.64. The summed E-state index contributed by atoms with van der Waals surface area (Å²) in [5, 5.41) is 2.02. The second-order valence-corrected chi connectivity index (χ2v) is 4.23. The molecule has 0 aliphatic rings. The number of carbonyl (C=O) groups is 1. The molecule has 0 radical (unpaired) electrons. The molecule has 7 heteroatoms. The number of alkyl halides is 2. The number of nitrogens with one attached hydrogen (secondary N) is 1. The van der Waals surface area contributed by atoms with Crippen molar-refractivity contribution < 1.29 is 18.0 Å². The lowest BCUT2D eigenvalue weighted by molar-refractivity contribution is 0.0118. The number of hydrogen-bond acceptors (Lipinski definition) is 2. The predicted octanol–water partition coefficient (Wildman–Crippen LogP) is 1.91. The van der Waals surface area contributed by atoms with E-state index >= 15 is 0 Å². The van der Waals surface area contributed by atoms with E-state index in [-0.39, 0.29) is 10.0 Å². The maximum atomic E-state index is 12.9. The summed E-state index contributed by atoms with van der Waals surface area (Å²) in [5.74, 6) is -4.39. The quantitative estimate of drug-likeness (QED) is 0.892. The highest BCUT2D eigenvalue weighted by Gasteiger charge is 2.27. The first-order valence-corrected chi connectivity index (χ1v) is 5.46. The van der Waals surface area contributed by atoms with E-state index in [0.29, 0.717) is 0 Å². The van der Waals surface area contributed by atoms with Gasteiger partial charge in [-0.25, -0.2) is 13.2 Å². The average molecular weight is 311 g/mol. The van der Waals surface area contributed by atoms with Crippen LogP contribution in [0.2, 0.25) is 0 Å². The van der Waals surface area contributed by atoms with Gasteiger partial charge in [0.2, 0.25) is 0 Å². The second-order valence-electron chi connectivity index (χ2n) is 3.37. The molecule has 0 aliphatic carbocycles. The lowest BCUT2D eigenvalue weighted by Crippen LogP contribution is -2.41. The highest BCUT2D eigenvalue weighted by atomic mass is 79.9. The van der Waals surface area contributed by atoms with Gasteiger partial charge in [-0.15, -0.1) is 0 Å². The highest BCUT2D eigenvalue weighted by molar-refractivity contribution is 9.10. The fourth-order valence-corrected chi connectivity index (χ4v) is 1.40. The number of hydrogen-bond donors (Lipinski definition) is 2. The van der Waals surface area contributed by atoms with E-state index in [1.807, 2.05) is 5.32 Å². The molecule has 94 valence electrons. The van der Waals surface area contributed by atoms with Crippen LogP contribution in [0.25, 0.3) is 0 Å². The molecule has 0 heterocycles. The van der Waals surface area contributed by atoms with Crippen LogP contribution in [0.5, 0.6) is 0 Å². The highest BCUT2D eigenvalue weighted by Crippen LogP contribution is 2.17. The van der Waals surface area contributed by atoms with E-state index in [2.05, 4.69) is 15.9 Å². The maximum absolute atomic E-state index is 12.9. The van der Waals surface area contributed by atoms with Gasteiger partial charge < -0.3 is 11.1 Å². The average Bonchev–Trinajstić information content (AvgIpc) is 2.30. The summed E-state index contributed by atoms with van der Waals surface area (Å²) in [6.07, 6.45) is 0. The van der Waals surface area contributed by atoms with Gasteiger partial charge >= 0.3 is 0 Å². The Bertz CT molecular complexity index is 426. The van der Waals surface area contributed by atoms with E-state index in [4.69, 9.17) is 5.73 Å². The SMILES string of the molecule is NCC(F)(F)CNC(=O)c1ccc(F)c(Br)c1. The lowest BCUT2D eigenvalue weighted by Gasteiger charge is -2.14. The fourth-order valence-electron chi connectivity index (χ4n) is 1.02. The number of rotatable bonds is 4. The zero-order valence-corrected chi connectivity index (χ0v) is 10.2. The normalized spacial score (nSPS) is 11.4. The molecule has 0 saturated heterocycles. The Labute approximate surface area is 104 Å². The largest absolute Gasteiger partial charge is 0.346 e. The van der Waals surface area contributed by atoms with Gasteiger partial charge in [0.25, 0.3) is 11.8 Å². The van der Waals surface area contributed by atoms with Crippen LogP contribution in [0.3, 0.4) is 0 Å². The van der Waals surface area contributed by atoms with Crippen molar-refractivity contribution in [3.8, 4) is 0 Å². The van der Waals surface area contributed by atoms with Gasteiger partial charge in [0, 0.05) is 5.56 Å². The lowest BCUT2D eigenvalue weighted by atomic mass is 10.2. The molecule has 0 saturated carbocycles. The topological polar surface area (TPSA) is 55.1 Å². The van der Waals surface area contributed by atoms with Crippen LogP contribution in [0.4, 0.5) is 13.2 Å². The third-order valence-electron chi connectivity index (χ3n) is 1.99. The minimum absolute atomic E-state index is 0.0890. The van der Waals surface area contributed by atoms with Gasteiger partial charge in [-0.3, -0.25) is 4.79 Å². The molecule has 17 heavy (non-hydrogen) atoms. The van der Waals surface area contributed by atoms with E-state index in [1.54, 1.807) is 0 Å². The van der Waals surface area contributed by atoms with Crippen molar-refractivity contribution in [1.29, 1.82) is 0 Å². The van der Waals surface area contributed by atoms with Gasteiger partial charge in [-0.2, -0.15) is 0 Å². The molecule has 1 aromatic carbocycles. The Morgan fingerprint density at radius 3 is 2.65 bits per heavy atom. The van der Waals surface area contributed by atoms with Crippen molar-refractivity contribution in [1.82, 2.24) is 5.32 Å². The molecule has 0 aromatic heterocycles. The summed E-state index contributed by atoms with van der Waals surface area (Å²) in [5.41, 5.74) is 4.91. The summed E-state index contributed by atoms with van der Waals surface area (Å²) in [6, 6.07) is 3.49. The van der Waals surface area contributed by atoms with E-state index in [1.165, 1.54) is 12.1 Å². The molecule has 1 amide bonds. The minimum atomic E-state index is -3.15. The first kappa shape index (κ1) is 14.0. The molecule has 0 bridgehead atoms. The molecular formula is C10H10BrF3N2O. The molecule has 0 aliphatic heterocycles. The first-order valence-electron chi connectivity index (χ1n) is 4.67. The van der Waals surface area contributed by atoms with Gasteiger partial charge in [0.05, 0.1) is 17.6 Å². The molecule has 3 N–H and O–H groups in total. The van der Waals surface area contributed by atoms with Crippen LogP contribution in [-0.4, -0.2) is 24.9 Å². The smallest absolute Gasteiger partial charge is 0.277 e. The van der Waals surface area contributed by atoms with Gasteiger partial charge in [0.1, 0.15) is 5.82 Å². The van der Waals surface area contributed by atoms with Gasteiger partial charge in [-0.1, -0.05) is 0 Å². The second kappa shape index (κ2) is 5.50. The zero-order chi connectivity index (χ0) is 13.1. The Morgan fingerprint density at radius 1 is 1.47 bits per heavy atom. The van der Waals surface area contributed by atoms with Crippen LogP contribution < -0.4 is 11.1 Å². The Hall–Kier alpha value is -1.08. The molecule has 0 fully saturated rings. The fraction of sp³-hybridized carbons (Fsp3) is 0.300. The molecule has 1 aromatic rings. The summed E-state index contributed by atoms with van der Waals surface area (Å²) in [6.45, 7) is -1.70. The monoisotopic (exact) mass is 310 g/mol. The van der Waals surface area contributed by atoms with Crippen LogP contribution in [0, 0.1) is 5.82 Å². The standard InChI is InChI=1S/C10H10BrF3N2O/c11-7-3-6(1-2-8(7)12)9(17)16-5-10(13,14)4-15/h1-3H,4-5,15H2,(H,16,17). The van der Waals surface area contributed by atoms with Gasteiger partial charge in [-0.05, 0) is 34.1 Å². The number of amides is 1. The van der Waals surface area contributed by atoms with Crippen molar-refractivity contribution in [2.75, 3.05) is 13.1 Å². The number of nitrogens with two attached hydrogens (primary N) is 1. The van der Waals surface area contributed by atoms with Crippen LogP contribution in [0.1, 0.15) is 10.4 Å². The van der Waals surface area contributed by atoms with E-state index < -0.39 is 30.7 Å². The first-order chi connectivity index (χ1) is 7.85. The van der Waals surface area contributed by atoms with E-state index in [9.17, 15) is 18.0 Å². The number of carbonyl (C=O) groups excluding carboxylic acids is 1. The van der Waals surface area contributed by atoms with E-state index in [0.717, 1.165) is 6.07 Å². The van der Waals surface area contributed by atoms with Crippen molar-refractivity contribution in [2.45, 2.75) is 5.92 Å². The number of halogens is 4. The molecular weight excluding hydrogens is 301 g/mol. The van der Waals surface area contributed by atoms with Crippen molar-refractivity contribution in [2.24, 2.45) is 5.73 Å². The van der Waals surface area contributed by atoms with Crippen LogP contribution in [0.15, 0.2) is 22.7 Å². The van der Waals surface area contributed by atoms with Crippen LogP contribution >= 0.6 is 15.9 Å². The molecule has 3 nitrogen and oxygen atoms in total. The molecule has 1 rings (SSSR count). The number of benzene rings is 1. The van der Waals surface area contributed by atoms with Crippen LogP contribution in [-0.2, 0) is 0 Å². The Balaban J connectivity index is 2.68. The van der Waals surface area contributed by atoms with Gasteiger partial charge in [0.15, 0.2) is 0 Å². The maximum Gasteiger partial charge on any atom is 0.277 e. The summed E-state index contributed by atoms with van der Waals surface area (Å²) in [7, 11) is 0. The van der Waals surface area contributed by atoms with Crippen molar-refractivity contribution in [3.05, 3.63) is 34.1 Å².